The fourth-order valence-corrected chi connectivity index (χ4v) is 1.49. The van der Waals surface area contributed by atoms with Crippen molar-refractivity contribution in [3.63, 3.8) is 0 Å². The Morgan fingerprint density at radius 2 is 1.81 bits per heavy atom. The van der Waals surface area contributed by atoms with Crippen LogP contribution in [-0.4, -0.2) is 41.3 Å². The van der Waals surface area contributed by atoms with Crippen LogP contribution in [0.2, 0.25) is 0 Å². The van der Waals surface area contributed by atoms with Crippen molar-refractivity contribution in [2.45, 2.75) is 65.0 Å². The summed E-state index contributed by atoms with van der Waals surface area (Å²) in [5.74, 6) is -1.45. The van der Waals surface area contributed by atoms with Gasteiger partial charge in [0.05, 0.1) is 0 Å². The first-order valence-corrected chi connectivity index (χ1v) is 7.14. The van der Waals surface area contributed by atoms with Crippen molar-refractivity contribution in [2.24, 2.45) is 0 Å². The lowest BCUT2D eigenvalue weighted by Gasteiger charge is -2.22. The van der Waals surface area contributed by atoms with Crippen LogP contribution in [0.4, 0.5) is 4.79 Å². The van der Waals surface area contributed by atoms with Gasteiger partial charge in [0.25, 0.3) is 0 Å². The van der Waals surface area contributed by atoms with Gasteiger partial charge >= 0.3 is 12.1 Å². The van der Waals surface area contributed by atoms with Crippen molar-refractivity contribution in [3.8, 4) is 0 Å². The van der Waals surface area contributed by atoms with Gasteiger partial charge in [-0.25, -0.2) is 9.59 Å². The smallest absolute Gasteiger partial charge is 0.408 e. The molecule has 0 saturated heterocycles. The van der Waals surface area contributed by atoms with Crippen LogP contribution in [0.15, 0.2) is 0 Å². The largest absolute Gasteiger partial charge is 0.480 e. The van der Waals surface area contributed by atoms with Crippen molar-refractivity contribution in [2.75, 3.05) is 6.54 Å². The summed E-state index contributed by atoms with van der Waals surface area (Å²) in [5.41, 5.74) is -0.712. The molecule has 21 heavy (non-hydrogen) atoms. The predicted molar refractivity (Wildman–Crippen MR) is 77.9 cm³/mol. The topological polar surface area (TPSA) is 105 Å². The van der Waals surface area contributed by atoms with E-state index in [2.05, 4.69) is 10.6 Å². The maximum atomic E-state index is 11.5. The van der Waals surface area contributed by atoms with E-state index in [1.54, 1.807) is 20.8 Å². The lowest BCUT2D eigenvalue weighted by atomic mass is 10.2. The number of rotatable bonds is 8. The number of hydrogen-bond donors (Lipinski definition) is 3. The van der Waals surface area contributed by atoms with Crippen LogP contribution in [0.25, 0.3) is 0 Å². The minimum atomic E-state index is -1.23. The zero-order valence-corrected chi connectivity index (χ0v) is 13.2. The van der Waals surface area contributed by atoms with Crippen LogP contribution in [-0.2, 0) is 14.3 Å². The van der Waals surface area contributed by atoms with Gasteiger partial charge in [0.15, 0.2) is 0 Å². The Morgan fingerprint density at radius 1 is 1.19 bits per heavy atom. The van der Waals surface area contributed by atoms with Gasteiger partial charge in [0.1, 0.15) is 11.6 Å². The molecule has 7 nitrogen and oxygen atoms in total. The summed E-state index contributed by atoms with van der Waals surface area (Å²) in [6.45, 7) is 6.90. The number of hydrogen-bond acceptors (Lipinski definition) is 4. The predicted octanol–water partition coefficient (Wildman–Crippen LogP) is 1.66. The first kappa shape index (κ1) is 19.2. The minimum Gasteiger partial charge on any atom is -0.480 e. The van der Waals surface area contributed by atoms with E-state index in [9.17, 15) is 14.4 Å². The number of amides is 2. The summed E-state index contributed by atoms with van der Waals surface area (Å²) < 4.78 is 4.98. The number of aliphatic carboxylic acids is 1. The molecule has 0 aromatic heterocycles. The average Bonchev–Trinajstić information content (AvgIpc) is 2.32. The van der Waals surface area contributed by atoms with Gasteiger partial charge in [0, 0.05) is 13.0 Å². The molecule has 2 amide bonds. The molecule has 1 atom stereocenters. The van der Waals surface area contributed by atoms with Gasteiger partial charge in [-0.05, 0) is 27.2 Å². The van der Waals surface area contributed by atoms with Crippen molar-refractivity contribution in [1.29, 1.82) is 0 Å². The fourth-order valence-electron chi connectivity index (χ4n) is 1.49. The molecular formula is C14H26N2O5. The van der Waals surface area contributed by atoms with Crippen molar-refractivity contribution in [1.82, 2.24) is 10.6 Å². The van der Waals surface area contributed by atoms with E-state index in [1.165, 1.54) is 0 Å². The van der Waals surface area contributed by atoms with E-state index in [0.717, 1.165) is 19.3 Å². The summed E-state index contributed by atoms with van der Waals surface area (Å²) in [5, 5.41) is 13.7. The Balaban J connectivity index is 4.23. The van der Waals surface area contributed by atoms with Crippen molar-refractivity contribution < 1.29 is 24.2 Å². The summed E-state index contributed by atoms with van der Waals surface area (Å²) in [7, 11) is 0. The van der Waals surface area contributed by atoms with E-state index in [4.69, 9.17) is 9.84 Å². The highest BCUT2D eigenvalue weighted by atomic mass is 16.6. The van der Waals surface area contributed by atoms with Crippen LogP contribution in [0, 0.1) is 0 Å². The van der Waals surface area contributed by atoms with Crippen LogP contribution < -0.4 is 10.6 Å². The number of carboxylic acid groups (broad SMARTS) is 1. The molecule has 0 fully saturated rings. The zero-order chi connectivity index (χ0) is 16.5. The molecule has 0 spiro atoms. The summed E-state index contributed by atoms with van der Waals surface area (Å²) >= 11 is 0. The standard InChI is InChI=1S/C14H26N2O5/c1-5-6-7-8-11(17)15-9-10(12(18)19)16-13(20)21-14(2,3)4/h10H,5-9H2,1-4H3,(H,15,17)(H,16,20)(H,18,19)/t10-/m0/s1. The third-order valence-corrected chi connectivity index (χ3v) is 2.50. The third-order valence-electron chi connectivity index (χ3n) is 2.50. The number of nitrogens with one attached hydrogen (secondary N) is 2. The van der Waals surface area contributed by atoms with E-state index >= 15 is 0 Å². The van der Waals surface area contributed by atoms with E-state index in [-0.39, 0.29) is 12.5 Å². The second-order valence-electron chi connectivity index (χ2n) is 5.80. The quantitative estimate of drug-likeness (QED) is 0.591. The number of alkyl carbamates (subject to hydrolysis) is 1. The lowest BCUT2D eigenvalue weighted by Crippen LogP contribution is -2.49. The molecule has 0 saturated carbocycles. The summed E-state index contributed by atoms with van der Waals surface area (Å²) in [6, 6.07) is -1.21. The van der Waals surface area contributed by atoms with Crippen molar-refractivity contribution in [3.05, 3.63) is 0 Å². The highest BCUT2D eigenvalue weighted by Gasteiger charge is 2.24. The SMILES string of the molecule is CCCCCC(=O)NC[C@H](NC(=O)OC(C)(C)C)C(=O)O. The van der Waals surface area contributed by atoms with Crippen molar-refractivity contribution >= 4 is 18.0 Å². The van der Waals surface area contributed by atoms with Gasteiger partial charge < -0.3 is 20.5 Å². The van der Waals surface area contributed by atoms with Crippen LogP contribution in [0.5, 0.6) is 0 Å². The Hall–Kier alpha value is -1.79. The second kappa shape index (κ2) is 9.20. The van der Waals surface area contributed by atoms with Gasteiger partial charge in [0.2, 0.25) is 5.91 Å². The minimum absolute atomic E-state index is 0.167. The van der Waals surface area contributed by atoms with Gasteiger partial charge in [-0.1, -0.05) is 19.8 Å². The number of carbonyl (C=O) groups is 3. The molecule has 0 bridgehead atoms. The van der Waals surface area contributed by atoms with Gasteiger partial charge in [-0.3, -0.25) is 4.79 Å². The molecule has 0 aliphatic carbocycles. The van der Waals surface area contributed by atoms with Crippen LogP contribution in [0.3, 0.4) is 0 Å². The lowest BCUT2D eigenvalue weighted by molar-refractivity contribution is -0.139. The van der Waals surface area contributed by atoms with Crippen LogP contribution in [0.1, 0.15) is 53.4 Å². The Bertz CT molecular complexity index is 363. The maximum Gasteiger partial charge on any atom is 0.408 e. The number of unbranched alkanes of at least 4 members (excludes halogenated alkanes) is 2. The summed E-state index contributed by atoms with van der Waals surface area (Å²) in [6.07, 6.45) is 2.25. The second-order valence-corrected chi connectivity index (χ2v) is 5.80. The molecule has 0 aromatic rings. The molecule has 0 rings (SSSR count). The van der Waals surface area contributed by atoms with E-state index in [1.807, 2.05) is 6.92 Å². The third kappa shape index (κ3) is 10.6. The van der Waals surface area contributed by atoms with E-state index in [0.29, 0.717) is 6.42 Å². The molecule has 7 heteroatoms. The van der Waals surface area contributed by atoms with Gasteiger partial charge in [-0.2, -0.15) is 0 Å². The molecule has 0 heterocycles. The molecule has 0 aliphatic rings. The maximum absolute atomic E-state index is 11.5. The van der Waals surface area contributed by atoms with E-state index < -0.39 is 23.7 Å². The molecule has 122 valence electrons. The Kier molecular flexibility index (Phi) is 8.42. The first-order valence-electron chi connectivity index (χ1n) is 7.14. The highest BCUT2D eigenvalue weighted by molar-refractivity contribution is 5.82. The molecule has 0 aromatic carbocycles. The average molecular weight is 302 g/mol. The normalized spacial score (nSPS) is 12.4. The fraction of sp³-hybridized carbons (Fsp3) is 0.786. The summed E-state index contributed by atoms with van der Waals surface area (Å²) in [4.78, 5) is 34.1. The van der Waals surface area contributed by atoms with Gasteiger partial charge in [-0.15, -0.1) is 0 Å². The monoisotopic (exact) mass is 302 g/mol. The Morgan fingerprint density at radius 3 is 2.29 bits per heavy atom. The number of carbonyl (C=O) groups excluding carboxylic acids is 2. The number of carboxylic acids is 1. The highest BCUT2D eigenvalue weighted by Crippen LogP contribution is 2.06. The molecule has 0 unspecified atom stereocenters. The molecule has 0 aliphatic heterocycles. The number of ether oxygens (including phenoxy) is 1. The molecule has 0 radical (unpaired) electrons. The molecular weight excluding hydrogens is 276 g/mol. The first-order chi connectivity index (χ1) is 9.65. The van der Waals surface area contributed by atoms with Crippen LogP contribution >= 0.6 is 0 Å². The zero-order valence-electron chi connectivity index (χ0n) is 13.2. The molecule has 3 N–H and O–H groups in total. The Labute approximate surface area is 125 Å².